The number of hydrogen-bond acceptors (Lipinski definition) is 10. The number of sulfone groups is 1. The summed E-state index contributed by atoms with van der Waals surface area (Å²) in [4.78, 5) is 15.8. The molecule has 6 rings (SSSR count). The molecule has 226 valence electrons. The van der Waals surface area contributed by atoms with Crippen LogP contribution in [0.15, 0.2) is 82.1 Å². The zero-order valence-corrected chi connectivity index (χ0v) is 24.1. The molecule has 0 bridgehead atoms. The monoisotopic (exact) mass is 633 g/mol. The quantitative estimate of drug-likeness (QED) is 0.331. The van der Waals surface area contributed by atoms with E-state index in [2.05, 4.69) is 14.9 Å². The van der Waals surface area contributed by atoms with Crippen LogP contribution in [0.3, 0.4) is 0 Å². The van der Waals surface area contributed by atoms with E-state index in [1.165, 1.54) is 28.0 Å². The van der Waals surface area contributed by atoms with Crippen LogP contribution in [0.25, 0.3) is 11.5 Å². The van der Waals surface area contributed by atoms with Crippen LogP contribution in [0.1, 0.15) is 5.56 Å². The number of amides is 1. The van der Waals surface area contributed by atoms with E-state index in [0.29, 0.717) is 22.6 Å². The standard InChI is InChI=1S/C28H25F2N5O6S.ClH/c29-28(30)17-34(12-13-39-28)27-33-32-25(41-27)19-8-11-24-23(14-19)35(26(36)22(31)16-42(24,37)38)15-18-6-9-21(10-7-18)40-20-4-2-1-3-5-20;/h1-11,14,22H,12-13,15-17,31H2;1H/t22-;/m0./s1. The third-order valence-corrected chi connectivity index (χ3v) is 8.60. The Bertz CT molecular complexity index is 1720. The Morgan fingerprint density at radius 2 is 1.74 bits per heavy atom. The molecule has 2 N–H and O–H groups in total. The third kappa shape index (κ3) is 6.46. The lowest BCUT2D eigenvalue weighted by molar-refractivity contribution is -0.240. The molecule has 1 aromatic heterocycles. The van der Waals surface area contributed by atoms with E-state index < -0.39 is 40.2 Å². The van der Waals surface area contributed by atoms with Crippen molar-refractivity contribution in [2.75, 3.05) is 35.2 Å². The highest BCUT2D eigenvalue weighted by molar-refractivity contribution is 7.91. The van der Waals surface area contributed by atoms with Crippen LogP contribution in [0.4, 0.5) is 20.5 Å². The summed E-state index contributed by atoms with van der Waals surface area (Å²) in [6.45, 7) is -0.846. The van der Waals surface area contributed by atoms with E-state index in [1.54, 1.807) is 24.3 Å². The maximum absolute atomic E-state index is 13.7. The van der Waals surface area contributed by atoms with Gasteiger partial charge in [0.05, 0.1) is 35.5 Å². The van der Waals surface area contributed by atoms with Gasteiger partial charge in [0.15, 0.2) is 9.84 Å². The zero-order chi connectivity index (χ0) is 29.5. The van der Waals surface area contributed by atoms with Gasteiger partial charge in [-0.05, 0) is 48.0 Å². The van der Waals surface area contributed by atoms with Crippen LogP contribution in [0.2, 0.25) is 0 Å². The number of para-hydroxylation sites is 1. The molecule has 2 aliphatic rings. The van der Waals surface area contributed by atoms with Gasteiger partial charge < -0.3 is 29.4 Å². The Balaban J connectivity index is 0.00000368. The van der Waals surface area contributed by atoms with Gasteiger partial charge in [0.1, 0.15) is 18.0 Å². The van der Waals surface area contributed by atoms with Crippen molar-refractivity contribution >= 4 is 39.9 Å². The molecule has 43 heavy (non-hydrogen) atoms. The molecule has 4 aromatic rings. The highest BCUT2D eigenvalue weighted by Gasteiger charge is 2.39. The highest BCUT2D eigenvalue weighted by Crippen LogP contribution is 2.36. The van der Waals surface area contributed by atoms with Gasteiger partial charge >= 0.3 is 12.1 Å². The van der Waals surface area contributed by atoms with E-state index in [9.17, 15) is 22.0 Å². The van der Waals surface area contributed by atoms with Gasteiger partial charge in [0.25, 0.3) is 0 Å². The fourth-order valence-corrected chi connectivity index (χ4v) is 6.31. The molecule has 1 fully saturated rings. The lowest BCUT2D eigenvalue weighted by Crippen LogP contribution is -2.46. The lowest BCUT2D eigenvalue weighted by atomic mass is 10.1. The van der Waals surface area contributed by atoms with Crippen LogP contribution in [-0.2, 0) is 25.9 Å². The highest BCUT2D eigenvalue weighted by atomic mass is 35.5. The number of morpholine rings is 1. The Hall–Kier alpha value is -4.11. The minimum Gasteiger partial charge on any atom is -0.457 e. The number of aromatic nitrogens is 2. The van der Waals surface area contributed by atoms with E-state index in [1.807, 2.05) is 30.3 Å². The first-order valence-electron chi connectivity index (χ1n) is 12.9. The van der Waals surface area contributed by atoms with Gasteiger partial charge in [-0.2, -0.15) is 8.78 Å². The van der Waals surface area contributed by atoms with Crippen LogP contribution in [0, 0.1) is 0 Å². The van der Waals surface area contributed by atoms with Crippen LogP contribution >= 0.6 is 12.4 Å². The van der Waals surface area contributed by atoms with Crippen molar-refractivity contribution in [1.82, 2.24) is 10.2 Å². The fourth-order valence-electron chi connectivity index (χ4n) is 4.75. The minimum atomic E-state index is -3.93. The summed E-state index contributed by atoms with van der Waals surface area (Å²) in [6.07, 6.45) is -3.36. The van der Waals surface area contributed by atoms with Crippen molar-refractivity contribution < 1.29 is 35.9 Å². The number of halogens is 3. The van der Waals surface area contributed by atoms with Crippen molar-refractivity contribution in [2.24, 2.45) is 5.73 Å². The normalized spacial score (nSPS) is 19.2. The molecule has 1 atom stereocenters. The average Bonchev–Trinajstić information content (AvgIpc) is 3.44. The minimum absolute atomic E-state index is 0. The molecule has 15 heteroatoms. The van der Waals surface area contributed by atoms with E-state index in [0.717, 1.165) is 0 Å². The number of alkyl halides is 2. The molecule has 3 aromatic carbocycles. The molecule has 11 nitrogen and oxygen atoms in total. The average molecular weight is 634 g/mol. The van der Waals surface area contributed by atoms with E-state index >= 15 is 0 Å². The zero-order valence-electron chi connectivity index (χ0n) is 22.4. The van der Waals surface area contributed by atoms with Crippen molar-refractivity contribution in [1.29, 1.82) is 0 Å². The predicted molar refractivity (Wildman–Crippen MR) is 154 cm³/mol. The number of carbonyl (C=O) groups is 1. The molecule has 0 spiro atoms. The fraction of sp³-hybridized carbons (Fsp3) is 0.250. The van der Waals surface area contributed by atoms with Crippen molar-refractivity contribution in [3.8, 4) is 23.0 Å². The van der Waals surface area contributed by atoms with E-state index in [4.69, 9.17) is 14.9 Å². The lowest BCUT2D eigenvalue weighted by Gasteiger charge is -2.30. The first-order valence-corrected chi connectivity index (χ1v) is 14.6. The second-order valence-electron chi connectivity index (χ2n) is 9.85. The van der Waals surface area contributed by atoms with Crippen LogP contribution in [-0.4, -0.2) is 62.1 Å². The summed E-state index contributed by atoms with van der Waals surface area (Å²) >= 11 is 0. The summed E-state index contributed by atoms with van der Waals surface area (Å²) < 4.78 is 69.7. The molecule has 2 aliphatic heterocycles. The second-order valence-corrected chi connectivity index (χ2v) is 11.9. The largest absolute Gasteiger partial charge is 0.457 e. The number of fused-ring (bicyclic) bond motifs is 1. The number of rotatable bonds is 6. The molecule has 0 aliphatic carbocycles. The van der Waals surface area contributed by atoms with Gasteiger partial charge in [-0.25, -0.2) is 8.42 Å². The Kier molecular flexibility index (Phi) is 8.38. The van der Waals surface area contributed by atoms with Crippen molar-refractivity contribution in [3.63, 3.8) is 0 Å². The molecule has 1 saturated heterocycles. The first-order chi connectivity index (χ1) is 20.1. The van der Waals surface area contributed by atoms with Crippen molar-refractivity contribution in [2.45, 2.75) is 23.6 Å². The summed E-state index contributed by atoms with van der Waals surface area (Å²) in [7, 11) is -3.93. The summed E-state index contributed by atoms with van der Waals surface area (Å²) in [6, 6.07) is 19.1. The van der Waals surface area contributed by atoms with Gasteiger partial charge in [-0.3, -0.25) is 4.79 Å². The third-order valence-electron chi connectivity index (χ3n) is 6.79. The Labute approximate surface area is 251 Å². The molecular formula is C28H26ClF2N5O6S. The number of anilines is 2. The summed E-state index contributed by atoms with van der Waals surface area (Å²) in [5.41, 5.74) is 7.12. The van der Waals surface area contributed by atoms with Gasteiger partial charge in [0.2, 0.25) is 11.8 Å². The maximum atomic E-state index is 13.7. The number of nitrogens with two attached hydrogens (primary N) is 1. The SMILES string of the molecule is Cl.N[C@H]1CS(=O)(=O)c2ccc(-c3nnc(N4CCOC(F)(F)C4)o3)cc2N(Cc2ccc(Oc3ccccc3)cc2)C1=O. The molecule has 0 unspecified atom stereocenters. The summed E-state index contributed by atoms with van der Waals surface area (Å²) in [5.74, 6) is 0.0646. The summed E-state index contributed by atoms with van der Waals surface area (Å²) in [5, 5.41) is 7.85. The maximum Gasteiger partial charge on any atom is 0.373 e. The number of benzene rings is 3. The topological polar surface area (TPSA) is 141 Å². The molecule has 3 heterocycles. The number of hydrogen-bond donors (Lipinski definition) is 1. The molecule has 1 amide bonds. The smallest absolute Gasteiger partial charge is 0.373 e. The van der Waals surface area contributed by atoms with Gasteiger partial charge in [-0.15, -0.1) is 17.5 Å². The van der Waals surface area contributed by atoms with Crippen LogP contribution in [0.5, 0.6) is 11.5 Å². The number of nitrogens with zero attached hydrogens (tertiary/aromatic N) is 4. The second kappa shape index (κ2) is 11.9. The first kappa shape index (κ1) is 30.4. The Morgan fingerprint density at radius 3 is 2.47 bits per heavy atom. The van der Waals surface area contributed by atoms with Crippen molar-refractivity contribution in [3.05, 3.63) is 78.4 Å². The Morgan fingerprint density at radius 1 is 1.02 bits per heavy atom. The van der Waals surface area contributed by atoms with Crippen LogP contribution < -0.4 is 20.3 Å². The molecular weight excluding hydrogens is 608 g/mol. The number of carbonyl (C=O) groups excluding carboxylic acids is 1. The van der Waals surface area contributed by atoms with Gasteiger partial charge in [-0.1, -0.05) is 35.4 Å². The molecule has 0 saturated carbocycles. The predicted octanol–water partition coefficient (Wildman–Crippen LogP) is 4.03. The number of ether oxygens (including phenoxy) is 2. The molecule has 0 radical (unpaired) electrons. The van der Waals surface area contributed by atoms with E-state index in [-0.39, 0.29) is 54.6 Å². The van der Waals surface area contributed by atoms with Gasteiger partial charge in [0, 0.05) is 12.1 Å².